The Morgan fingerprint density at radius 2 is 1.86 bits per heavy atom. The van der Waals surface area contributed by atoms with Crippen LogP contribution in [-0.2, 0) is 11.3 Å². The summed E-state index contributed by atoms with van der Waals surface area (Å²) in [6.07, 6.45) is 1.43. The topological polar surface area (TPSA) is 72.2 Å². The van der Waals surface area contributed by atoms with Gasteiger partial charge in [0.15, 0.2) is 11.0 Å². The van der Waals surface area contributed by atoms with Gasteiger partial charge in [0.1, 0.15) is 0 Å². The second kappa shape index (κ2) is 9.91. The number of amides is 1. The molecule has 1 heterocycles. The number of thioether (sulfide) groups is 1. The summed E-state index contributed by atoms with van der Waals surface area (Å²) in [6.45, 7) is 4.75. The van der Waals surface area contributed by atoms with E-state index >= 15 is 0 Å². The summed E-state index contributed by atoms with van der Waals surface area (Å²) in [7, 11) is 0. The standard InChI is InChI=1S/C20H19Cl2N5OS/c1-3-27-19(14-9-7-13(2)8-10-14)25-26-20(27)29-12-18(28)24-23-11-15-16(21)5-4-6-17(15)22/h4-11H,3,12H2,1-2H3,(H,24,28)/b23-11-. The summed E-state index contributed by atoms with van der Waals surface area (Å²) in [5.41, 5.74) is 5.20. The van der Waals surface area contributed by atoms with Crippen molar-refractivity contribution in [1.29, 1.82) is 0 Å². The van der Waals surface area contributed by atoms with E-state index in [1.807, 2.05) is 42.7 Å². The number of carbonyl (C=O) groups excluding carboxylic acids is 1. The quantitative estimate of drug-likeness (QED) is 0.320. The molecule has 0 spiro atoms. The second-order valence-electron chi connectivity index (χ2n) is 6.13. The first-order valence-corrected chi connectivity index (χ1v) is 10.6. The van der Waals surface area contributed by atoms with Gasteiger partial charge in [0.2, 0.25) is 0 Å². The summed E-state index contributed by atoms with van der Waals surface area (Å²) >= 11 is 13.4. The number of nitrogens with zero attached hydrogens (tertiary/aromatic N) is 4. The number of nitrogens with one attached hydrogen (secondary N) is 1. The van der Waals surface area contributed by atoms with Gasteiger partial charge < -0.3 is 4.57 Å². The van der Waals surface area contributed by atoms with E-state index in [1.165, 1.54) is 23.5 Å². The third-order valence-electron chi connectivity index (χ3n) is 4.06. The van der Waals surface area contributed by atoms with Crippen LogP contribution in [0, 0.1) is 6.92 Å². The molecule has 1 amide bonds. The minimum atomic E-state index is -0.267. The van der Waals surface area contributed by atoms with Gasteiger partial charge in [-0.2, -0.15) is 5.10 Å². The lowest BCUT2D eigenvalue weighted by molar-refractivity contribution is -0.118. The molecule has 0 saturated carbocycles. The Bertz CT molecular complexity index is 1010. The number of carbonyl (C=O) groups is 1. The maximum absolute atomic E-state index is 12.1. The molecule has 1 N–H and O–H groups in total. The maximum Gasteiger partial charge on any atom is 0.250 e. The maximum atomic E-state index is 12.1. The van der Waals surface area contributed by atoms with Gasteiger partial charge >= 0.3 is 0 Å². The smallest absolute Gasteiger partial charge is 0.250 e. The monoisotopic (exact) mass is 447 g/mol. The summed E-state index contributed by atoms with van der Waals surface area (Å²) in [5, 5.41) is 14.1. The molecule has 0 aliphatic carbocycles. The van der Waals surface area contributed by atoms with E-state index in [0.29, 0.717) is 27.3 Å². The molecule has 0 fully saturated rings. The SMILES string of the molecule is CCn1c(SCC(=O)N/N=C\c2c(Cl)cccc2Cl)nnc1-c1ccc(C)cc1. The lowest BCUT2D eigenvalue weighted by Gasteiger charge is -2.07. The van der Waals surface area contributed by atoms with Crippen LogP contribution >= 0.6 is 35.0 Å². The Hall–Kier alpha value is -2.35. The van der Waals surface area contributed by atoms with Crippen LogP contribution < -0.4 is 5.43 Å². The van der Waals surface area contributed by atoms with Crippen LogP contribution in [0.3, 0.4) is 0 Å². The van der Waals surface area contributed by atoms with E-state index in [-0.39, 0.29) is 11.7 Å². The highest BCUT2D eigenvalue weighted by molar-refractivity contribution is 7.99. The van der Waals surface area contributed by atoms with Crippen molar-refractivity contribution in [3.63, 3.8) is 0 Å². The van der Waals surface area contributed by atoms with Gasteiger partial charge in [-0.3, -0.25) is 4.79 Å². The molecule has 29 heavy (non-hydrogen) atoms. The van der Waals surface area contributed by atoms with Crippen molar-refractivity contribution in [1.82, 2.24) is 20.2 Å². The van der Waals surface area contributed by atoms with Crippen molar-refractivity contribution in [2.24, 2.45) is 5.10 Å². The highest BCUT2D eigenvalue weighted by Gasteiger charge is 2.14. The number of hydrogen-bond acceptors (Lipinski definition) is 5. The lowest BCUT2D eigenvalue weighted by atomic mass is 10.1. The van der Waals surface area contributed by atoms with E-state index < -0.39 is 0 Å². The molecule has 0 aliphatic rings. The van der Waals surface area contributed by atoms with Crippen LogP contribution in [0.15, 0.2) is 52.7 Å². The van der Waals surface area contributed by atoms with E-state index in [4.69, 9.17) is 23.2 Å². The third kappa shape index (κ3) is 5.38. The second-order valence-corrected chi connectivity index (χ2v) is 7.89. The molecule has 0 atom stereocenters. The highest BCUT2D eigenvalue weighted by atomic mass is 35.5. The molecule has 0 radical (unpaired) electrons. The van der Waals surface area contributed by atoms with Crippen LogP contribution in [0.1, 0.15) is 18.1 Å². The average molecular weight is 448 g/mol. The zero-order valence-corrected chi connectivity index (χ0v) is 18.2. The van der Waals surface area contributed by atoms with Crippen molar-refractivity contribution in [3.8, 4) is 11.4 Å². The first-order chi connectivity index (χ1) is 14.0. The Morgan fingerprint density at radius 3 is 2.52 bits per heavy atom. The first-order valence-electron chi connectivity index (χ1n) is 8.88. The van der Waals surface area contributed by atoms with Gasteiger partial charge in [-0.05, 0) is 26.0 Å². The number of hydrogen-bond donors (Lipinski definition) is 1. The van der Waals surface area contributed by atoms with Crippen molar-refractivity contribution in [2.75, 3.05) is 5.75 Å². The molecule has 2 aromatic carbocycles. The Balaban J connectivity index is 1.62. The number of rotatable bonds is 7. The molecule has 0 unspecified atom stereocenters. The Labute approximate surface area is 183 Å². The molecule has 6 nitrogen and oxygen atoms in total. The van der Waals surface area contributed by atoms with Crippen molar-refractivity contribution >= 4 is 47.1 Å². The molecular formula is C20H19Cl2N5OS. The number of aromatic nitrogens is 3. The summed E-state index contributed by atoms with van der Waals surface area (Å²) in [5.74, 6) is 0.665. The fourth-order valence-corrected chi connectivity index (χ4v) is 3.85. The molecule has 150 valence electrons. The van der Waals surface area contributed by atoms with Crippen LogP contribution in [-0.4, -0.2) is 32.6 Å². The largest absolute Gasteiger partial charge is 0.302 e. The summed E-state index contributed by atoms with van der Waals surface area (Å²) in [6, 6.07) is 13.3. The Kier molecular flexibility index (Phi) is 7.30. The molecule has 0 saturated heterocycles. The molecule has 0 bridgehead atoms. The van der Waals surface area contributed by atoms with Crippen molar-refractivity contribution < 1.29 is 4.79 Å². The minimum absolute atomic E-state index is 0.152. The summed E-state index contributed by atoms with van der Waals surface area (Å²) < 4.78 is 1.98. The van der Waals surface area contributed by atoms with Gasteiger partial charge in [0.25, 0.3) is 5.91 Å². The van der Waals surface area contributed by atoms with Gasteiger partial charge in [-0.15, -0.1) is 10.2 Å². The predicted molar refractivity (Wildman–Crippen MR) is 119 cm³/mol. The first kappa shape index (κ1) is 21.4. The molecular weight excluding hydrogens is 429 g/mol. The lowest BCUT2D eigenvalue weighted by Crippen LogP contribution is -2.20. The van der Waals surface area contributed by atoms with Crippen molar-refractivity contribution in [3.05, 3.63) is 63.6 Å². The zero-order chi connectivity index (χ0) is 20.8. The van der Waals surface area contributed by atoms with Crippen LogP contribution in [0.4, 0.5) is 0 Å². The van der Waals surface area contributed by atoms with E-state index in [1.54, 1.807) is 18.2 Å². The fourth-order valence-electron chi connectivity index (χ4n) is 2.56. The van der Waals surface area contributed by atoms with Crippen LogP contribution in [0.2, 0.25) is 10.0 Å². The minimum Gasteiger partial charge on any atom is -0.302 e. The summed E-state index contributed by atoms with van der Waals surface area (Å²) in [4.78, 5) is 12.1. The normalized spacial score (nSPS) is 11.2. The van der Waals surface area contributed by atoms with Crippen LogP contribution in [0.25, 0.3) is 11.4 Å². The van der Waals surface area contributed by atoms with Gasteiger partial charge in [0, 0.05) is 17.7 Å². The number of hydrazone groups is 1. The predicted octanol–water partition coefficient (Wildman–Crippen LogP) is 4.82. The fraction of sp³-hybridized carbons (Fsp3) is 0.200. The molecule has 3 rings (SSSR count). The average Bonchev–Trinajstić information content (AvgIpc) is 3.12. The number of benzene rings is 2. The number of aryl methyl sites for hydroxylation is 1. The third-order valence-corrected chi connectivity index (χ3v) is 5.68. The zero-order valence-electron chi connectivity index (χ0n) is 15.9. The highest BCUT2D eigenvalue weighted by Crippen LogP contribution is 2.24. The molecule has 1 aromatic heterocycles. The Morgan fingerprint density at radius 1 is 1.17 bits per heavy atom. The van der Waals surface area contributed by atoms with Gasteiger partial charge in [-0.25, -0.2) is 5.43 Å². The van der Waals surface area contributed by atoms with E-state index in [0.717, 1.165) is 11.4 Å². The molecule has 9 heteroatoms. The molecule has 0 aliphatic heterocycles. The molecule has 3 aromatic rings. The van der Waals surface area contributed by atoms with Crippen molar-refractivity contribution in [2.45, 2.75) is 25.5 Å². The van der Waals surface area contributed by atoms with E-state index in [9.17, 15) is 4.79 Å². The van der Waals surface area contributed by atoms with Gasteiger partial charge in [0.05, 0.1) is 22.0 Å². The number of halogens is 2. The van der Waals surface area contributed by atoms with Crippen LogP contribution in [0.5, 0.6) is 0 Å². The van der Waals surface area contributed by atoms with Gasteiger partial charge in [-0.1, -0.05) is 70.9 Å². The van der Waals surface area contributed by atoms with E-state index in [2.05, 4.69) is 20.7 Å².